The molecular weight excluding hydrogens is 366 g/mol. The van der Waals surface area contributed by atoms with Crippen LogP contribution in [-0.2, 0) is 23.8 Å². The smallest absolute Gasteiger partial charge is 0.234 e. The van der Waals surface area contributed by atoms with Crippen molar-refractivity contribution in [3.05, 3.63) is 75.7 Å². The molecule has 4 nitrogen and oxygen atoms in total. The predicted molar refractivity (Wildman–Crippen MR) is 111 cm³/mol. The molecule has 2 aliphatic rings. The van der Waals surface area contributed by atoms with Gasteiger partial charge in [-0.15, -0.1) is 11.3 Å². The van der Waals surface area contributed by atoms with E-state index in [1.165, 1.54) is 21.6 Å². The molecule has 0 N–H and O–H groups in total. The van der Waals surface area contributed by atoms with E-state index in [1.807, 2.05) is 17.9 Å². The van der Waals surface area contributed by atoms with Crippen LogP contribution in [0.2, 0.25) is 0 Å². The van der Waals surface area contributed by atoms with Crippen LogP contribution in [-0.4, -0.2) is 27.1 Å². The van der Waals surface area contributed by atoms with E-state index in [9.17, 15) is 4.79 Å². The predicted octanol–water partition coefficient (Wildman–Crippen LogP) is 4.47. The van der Waals surface area contributed by atoms with Gasteiger partial charge in [0.2, 0.25) is 5.91 Å². The number of hydrogen-bond donors (Lipinski definition) is 0. The number of carbonyl (C=O) groups is 1. The van der Waals surface area contributed by atoms with Crippen LogP contribution >= 0.6 is 11.3 Å². The fraction of sp³-hybridized carbons (Fsp3) is 0.391. The second-order valence-electron chi connectivity index (χ2n) is 8.15. The maximum atomic E-state index is 13.9. The number of hydrogen-bond acceptors (Lipinski definition) is 3. The maximum Gasteiger partial charge on any atom is 0.234 e. The fourth-order valence-corrected chi connectivity index (χ4v) is 6.04. The summed E-state index contributed by atoms with van der Waals surface area (Å²) in [5, 5.41) is 6.49. The standard InChI is InChI=1S/C23H25N3OS/c1-25-14-18(13-24-25)20-16-26(15-17-7-2-3-8-19(17)20)22(27)23(10-4-5-11-23)21-9-6-12-28-21/h2-3,6-9,12-14,20H,4-5,10-11,15-16H2,1H3. The van der Waals surface area contributed by atoms with Gasteiger partial charge < -0.3 is 4.90 Å². The summed E-state index contributed by atoms with van der Waals surface area (Å²) in [5.74, 6) is 0.500. The van der Waals surface area contributed by atoms with Gasteiger partial charge in [0.15, 0.2) is 0 Å². The Labute approximate surface area is 169 Å². The summed E-state index contributed by atoms with van der Waals surface area (Å²) in [7, 11) is 1.95. The summed E-state index contributed by atoms with van der Waals surface area (Å²) < 4.78 is 1.85. The summed E-state index contributed by atoms with van der Waals surface area (Å²) in [6.07, 6.45) is 8.25. The molecule has 0 radical (unpaired) electrons. The zero-order valence-electron chi connectivity index (χ0n) is 16.2. The Morgan fingerprint density at radius 3 is 2.71 bits per heavy atom. The van der Waals surface area contributed by atoms with Gasteiger partial charge in [0.25, 0.3) is 0 Å². The highest BCUT2D eigenvalue weighted by atomic mass is 32.1. The molecule has 1 saturated carbocycles. The largest absolute Gasteiger partial charge is 0.337 e. The van der Waals surface area contributed by atoms with Crippen molar-refractivity contribution in [2.75, 3.05) is 6.54 Å². The minimum absolute atomic E-state index is 0.185. The molecule has 28 heavy (non-hydrogen) atoms. The highest BCUT2D eigenvalue weighted by Crippen LogP contribution is 2.46. The van der Waals surface area contributed by atoms with E-state index in [1.54, 1.807) is 11.3 Å². The fourth-order valence-electron chi connectivity index (χ4n) is 5.06. The van der Waals surface area contributed by atoms with E-state index < -0.39 is 0 Å². The quantitative estimate of drug-likeness (QED) is 0.661. The lowest BCUT2D eigenvalue weighted by molar-refractivity contribution is -0.138. The van der Waals surface area contributed by atoms with Crippen LogP contribution in [0.5, 0.6) is 0 Å². The summed E-state index contributed by atoms with van der Waals surface area (Å²) in [5.41, 5.74) is 3.45. The first kappa shape index (κ1) is 17.7. The first-order valence-corrected chi connectivity index (χ1v) is 10.9. The molecule has 1 aromatic carbocycles. The van der Waals surface area contributed by atoms with Crippen LogP contribution in [0.15, 0.2) is 54.2 Å². The zero-order valence-corrected chi connectivity index (χ0v) is 17.0. The number of nitrogens with zero attached hydrogens (tertiary/aromatic N) is 3. The highest BCUT2D eigenvalue weighted by Gasteiger charge is 2.47. The molecule has 3 heterocycles. The second kappa shape index (κ2) is 6.89. The molecule has 5 rings (SSSR count). The number of aromatic nitrogens is 2. The number of thiophene rings is 1. The molecule has 144 valence electrons. The van der Waals surface area contributed by atoms with Gasteiger partial charge in [-0.05, 0) is 41.0 Å². The van der Waals surface area contributed by atoms with Crippen LogP contribution in [0.4, 0.5) is 0 Å². The molecular formula is C23H25N3OS. The molecule has 1 atom stereocenters. The number of carbonyl (C=O) groups excluding carboxylic acids is 1. The van der Waals surface area contributed by atoms with Crippen molar-refractivity contribution < 1.29 is 4.79 Å². The third kappa shape index (κ3) is 2.80. The topological polar surface area (TPSA) is 38.1 Å². The second-order valence-corrected chi connectivity index (χ2v) is 9.10. The number of amides is 1. The normalized spacial score (nSPS) is 20.9. The van der Waals surface area contributed by atoms with Crippen molar-refractivity contribution >= 4 is 17.2 Å². The Bertz CT molecular complexity index is 985. The van der Waals surface area contributed by atoms with E-state index in [2.05, 4.69) is 58.0 Å². The van der Waals surface area contributed by atoms with Crippen LogP contribution in [0, 0.1) is 0 Å². The average molecular weight is 392 g/mol. The van der Waals surface area contributed by atoms with Crippen LogP contribution in [0.25, 0.3) is 0 Å². The molecule has 2 aromatic heterocycles. The van der Waals surface area contributed by atoms with Gasteiger partial charge in [-0.3, -0.25) is 9.48 Å². The SMILES string of the molecule is Cn1cc(C2CN(C(=O)C3(c4cccs4)CCCC3)Cc3ccccc32)cn1. The first-order chi connectivity index (χ1) is 13.7. The van der Waals surface area contributed by atoms with Gasteiger partial charge in [0.1, 0.15) is 0 Å². The van der Waals surface area contributed by atoms with Gasteiger partial charge in [0, 0.05) is 37.1 Å². The van der Waals surface area contributed by atoms with Crippen molar-refractivity contribution in [1.82, 2.24) is 14.7 Å². The van der Waals surface area contributed by atoms with Crippen molar-refractivity contribution in [2.45, 2.75) is 43.6 Å². The van der Waals surface area contributed by atoms with Crippen molar-refractivity contribution in [3.63, 3.8) is 0 Å². The van der Waals surface area contributed by atoms with Crippen molar-refractivity contribution in [1.29, 1.82) is 0 Å². The summed E-state index contributed by atoms with van der Waals surface area (Å²) in [4.78, 5) is 17.3. The number of benzene rings is 1. The number of fused-ring (bicyclic) bond motifs is 1. The van der Waals surface area contributed by atoms with Gasteiger partial charge in [-0.2, -0.15) is 5.10 Å². The minimum atomic E-state index is -0.320. The van der Waals surface area contributed by atoms with Crippen LogP contribution in [0.3, 0.4) is 0 Å². The molecule has 0 saturated heterocycles. The lowest BCUT2D eigenvalue weighted by atomic mass is 9.80. The van der Waals surface area contributed by atoms with Crippen molar-refractivity contribution in [2.24, 2.45) is 7.05 Å². The van der Waals surface area contributed by atoms with E-state index >= 15 is 0 Å². The monoisotopic (exact) mass is 391 g/mol. The molecule has 1 fully saturated rings. The van der Waals surface area contributed by atoms with E-state index in [0.29, 0.717) is 12.5 Å². The molecule has 1 aliphatic carbocycles. The molecule has 1 amide bonds. The number of rotatable bonds is 3. The van der Waals surface area contributed by atoms with E-state index in [0.717, 1.165) is 32.2 Å². The Hall–Kier alpha value is -2.40. The average Bonchev–Trinajstić information content (AvgIpc) is 3.48. The van der Waals surface area contributed by atoms with E-state index in [-0.39, 0.29) is 11.3 Å². The molecule has 3 aromatic rings. The molecule has 0 spiro atoms. The summed E-state index contributed by atoms with van der Waals surface area (Å²) >= 11 is 1.74. The lowest BCUT2D eigenvalue weighted by Gasteiger charge is -2.39. The van der Waals surface area contributed by atoms with E-state index in [4.69, 9.17) is 0 Å². The third-order valence-corrected chi connectivity index (χ3v) is 7.54. The summed E-state index contributed by atoms with van der Waals surface area (Å²) in [6, 6.07) is 12.8. The minimum Gasteiger partial charge on any atom is -0.337 e. The molecule has 0 bridgehead atoms. The maximum absolute atomic E-state index is 13.9. The van der Waals surface area contributed by atoms with Gasteiger partial charge >= 0.3 is 0 Å². The van der Waals surface area contributed by atoms with Gasteiger partial charge in [-0.25, -0.2) is 0 Å². The lowest BCUT2D eigenvalue weighted by Crippen LogP contribution is -2.48. The van der Waals surface area contributed by atoms with Crippen LogP contribution in [0.1, 0.15) is 53.2 Å². The Morgan fingerprint density at radius 1 is 1.18 bits per heavy atom. The van der Waals surface area contributed by atoms with Crippen molar-refractivity contribution in [3.8, 4) is 0 Å². The molecule has 1 unspecified atom stereocenters. The zero-order chi connectivity index (χ0) is 19.1. The Kier molecular flexibility index (Phi) is 4.35. The molecule has 5 heteroatoms. The third-order valence-electron chi connectivity index (χ3n) is 6.47. The van der Waals surface area contributed by atoms with Crippen LogP contribution < -0.4 is 0 Å². The highest BCUT2D eigenvalue weighted by molar-refractivity contribution is 7.10. The molecule has 1 aliphatic heterocycles. The first-order valence-electron chi connectivity index (χ1n) is 10.1. The Balaban J connectivity index is 1.53. The Morgan fingerprint density at radius 2 is 2.00 bits per heavy atom. The van der Waals surface area contributed by atoms with Gasteiger partial charge in [-0.1, -0.05) is 43.2 Å². The number of aryl methyl sites for hydroxylation is 1. The summed E-state index contributed by atoms with van der Waals surface area (Å²) in [6.45, 7) is 1.44. The van der Waals surface area contributed by atoms with Gasteiger partial charge in [0.05, 0.1) is 11.6 Å².